The van der Waals surface area contributed by atoms with Gasteiger partial charge in [-0.3, -0.25) is 14.5 Å². The summed E-state index contributed by atoms with van der Waals surface area (Å²) in [4.78, 5) is 29.6. The minimum absolute atomic E-state index is 0.000926. The molecule has 1 amide bonds. The average Bonchev–Trinajstić information content (AvgIpc) is 3.17. The minimum atomic E-state index is -0.229. The number of likely N-dealkylation sites (tertiary alicyclic amines) is 1. The van der Waals surface area contributed by atoms with Gasteiger partial charge in [-0.05, 0) is 68.6 Å². The van der Waals surface area contributed by atoms with Gasteiger partial charge < -0.3 is 4.90 Å². The van der Waals surface area contributed by atoms with Gasteiger partial charge in [-0.15, -0.1) is 0 Å². The summed E-state index contributed by atoms with van der Waals surface area (Å²) in [5.74, 6) is 0.528. The minimum Gasteiger partial charge on any atom is -0.333 e. The number of carbonyl (C=O) groups excluding carboxylic acids is 2. The molecule has 4 aliphatic rings. The molecule has 4 fully saturated rings. The molecule has 0 radical (unpaired) electrons. The molecule has 4 heterocycles. The van der Waals surface area contributed by atoms with E-state index in [0.29, 0.717) is 29.6 Å². The van der Waals surface area contributed by atoms with Gasteiger partial charge in [0.2, 0.25) is 0 Å². The van der Waals surface area contributed by atoms with E-state index in [9.17, 15) is 14.0 Å². The molecule has 4 nitrogen and oxygen atoms in total. The smallest absolute Gasteiger partial charge is 0.254 e. The molecule has 0 saturated carbocycles. The molecule has 0 unspecified atom stereocenters. The summed E-state index contributed by atoms with van der Waals surface area (Å²) in [6.45, 7) is 4.35. The number of benzene rings is 2. The van der Waals surface area contributed by atoms with Crippen molar-refractivity contribution in [3.05, 3.63) is 71.0 Å². The van der Waals surface area contributed by atoms with Crippen LogP contribution in [-0.2, 0) is 0 Å². The third kappa shape index (κ3) is 3.08. The molecule has 4 saturated heterocycles. The first-order chi connectivity index (χ1) is 14.0. The van der Waals surface area contributed by atoms with Gasteiger partial charge >= 0.3 is 0 Å². The molecule has 29 heavy (non-hydrogen) atoms. The number of ketones is 1. The normalized spacial score (nSPS) is 30.3. The molecule has 0 aromatic heterocycles. The molecule has 4 aliphatic heterocycles. The van der Waals surface area contributed by atoms with Crippen molar-refractivity contribution in [2.45, 2.75) is 37.8 Å². The molecule has 6 rings (SSSR count). The van der Waals surface area contributed by atoms with Crippen molar-refractivity contribution in [2.24, 2.45) is 5.92 Å². The number of halogens is 1. The summed E-state index contributed by atoms with van der Waals surface area (Å²) in [6, 6.07) is 14.3. The van der Waals surface area contributed by atoms with Crippen molar-refractivity contribution in [1.29, 1.82) is 0 Å². The van der Waals surface area contributed by atoms with Gasteiger partial charge in [-0.1, -0.05) is 24.3 Å². The summed E-state index contributed by atoms with van der Waals surface area (Å²) in [6.07, 6.45) is 2.26. The van der Waals surface area contributed by atoms with E-state index in [1.807, 2.05) is 12.1 Å². The summed E-state index contributed by atoms with van der Waals surface area (Å²) in [5.41, 5.74) is 2.36. The average molecular weight is 392 g/mol. The van der Waals surface area contributed by atoms with Crippen LogP contribution < -0.4 is 0 Å². The van der Waals surface area contributed by atoms with Crippen molar-refractivity contribution in [2.75, 3.05) is 19.6 Å². The van der Waals surface area contributed by atoms with Gasteiger partial charge in [-0.25, -0.2) is 4.39 Å². The van der Waals surface area contributed by atoms with E-state index in [2.05, 4.69) is 9.80 Å². The Morgan fingerprint density at radius 3 is 2.14 bits per heavy atom. The molecule has 0 aliphatic carbocycles. The van der Waals surface area contributed by atoms with Crippen LogP contribution in [-0.4, -0.2) is 53.2 Å². The molecule has 0 N–H and O–H groups in total. The second-order valence-electron chi connectivity index (χ2n) is 8.60. The number of carbonyl (C=O) groups is 2. The molecular weight excluding hydrogens is 367 g/mol. The van der Waals surface area contributed by atoms with Crippen molar-refractivity contribution in [3.8, 4) is 0 Å². The van der Waals surface area contributed by atoms with Crippen molar-refractivity contribution < 1.29 is 14.0 Å². The summed E-state index contributed by atoms with van der Waals surface area (Å²) in [7, 11) is 0. The zero-order chi connectivity index (χ0) is 20.1. The van der Waals surface area contributed by atoms with Crippen LogP contribution in [0.25, 0.3) is 0 Å². The first-order valence-electron chi connectivity index (χ1n) is 10.4. The van der Waals surface area contributed by atoms with Gasteiger partial charge in [0, 0.05) is 29.6 Å². The molecule has 2 aromatic rings. The van der Waals surface area contributed by atoms with Crippen molar-refractivity contribution >= 4 is 11.7 Å². The number of Topliss-reactive ketones (excluding diaryl/α,β-unsaturated/α-hetero) is 1. The van der Waals surface area contributed by atoms with Crippen LogP contribution in [0.4, 0.5) is 4.39 Å². The van der Waals surface area contributed by atoms with Crippen LogP contribution in [0.2, 0.25) is 0 Å². The zero-order valence-corrected chi connectivity index (χ0v) is 16.6. The van der Waals surface area contributed by atoms with Crippen LogP contribution >= 0.6 is 0 Å². The summed E-state index contributed by atoms with van der Waals surface area (Å²) >= 11 is 0. The molecule has 150 valence electrons. The van der Waals surface area contributed by atoms with Crippen LogP contribution in [0.3, 0.4) is 0 Å². The summed E-state index contributed by atoms with van der Waals surface area (Å²) < 4.78 is 13.5. The van der Waals surface area contributed by atoms with E-state index in [1.165, 1.54) is 19.1 Å². The zero-order valence-electron chi connectivity index (χ0n) is 16.6. The van der Waals surface area contributed by atoms with E-state index in [1.54, 1.807) is 24.3 Å². The van der Waals surface area contributed by atoms with E-state index >= 15 is 0 Å². The second kappa shape index (κ2) is 7.06. The summed E-state index contributed by atoms with van der Waals surface area (Å²) in [5, 5.41) is 0. The van der Waals surface area contributed by atoms with E-state index < -0.39 is 0 Å². The Balaban J connectivity index is 1.48. The highest BCUT2D eigenvalue weighted by molar-refractivity contribution is 5.98. The van der Waals surface area contributed by atoms with Crippen molar-refractivity contribution in [1.82, 2.24) is 9.80 Å². The molecule has 2 bridgehead atoms. The van der Waals surface area contributed by atoms with Crippen LogP contribution in [0.15, 0.2) is 48.5 Å². The fourth-order valence-corrected chi connectivity index (χ4v) is 5.67. The highest BCUT2D eigenvalue weighted by atomic mass is 19.1. The number of nitrogens with zero attached hydrogens (tertiary/aromatic N) is 2. The van der Waals surface area contributed by atoms with Gasteiger partial charge in [0.25, 0.3) is 5.91 Å². The molecule has 0 spiro atoms. The van der Waals surface area contributed by atoms with E-state index in [0.717, 1.165) is 31.5 Å². The van der Waals surface area contributed by atoms with Crippen LogP contribution in [0.1, 0.15) is 52.0 Å². The highest BCUT2D eigenvalue weighted by Crippen LogP contribution is 2.46. The molecule has 5 heteroatoms. The lowest BCUT2D eigenvalue weighted by molar-refractivity contribution is -0.00341. The maximum absolute atomic E-state index is 13.5. The molecule has 2 aromatic carbocycles. The fraction of sp³-hybridized carbons (Fsp3) is 0.417. The topological polar surface area (TPSA) is 40.6 Å². The van der Waals surface area contributed by atoms with Gasteiger partial charge in [0.15, 0.2) is 5.78 Å². The number of hydrogen-bond donors (Lipinski definition) is 0. The SMILES string of the molecule is CC(=O)c1ccc(C(=O)N2C[C@H](c3ccc(F)cc3)[C@H]3[C@@H]2C2CCN3CC2)cc1. The Morgan fingerprint density at radius 2 is 1.52 bits per heavy atom. The van der Waals surface area contributed by atoms with Crippen molar-refractivity contribution in [3.63, 3.8) is 0 Å². The van der Waals surface area contributed by atoms with Gasteiger partial charge in [0.1, 0.15) is 5.82 Å². The van der Waals surface area contributed by atoms with Gasteiger partial charge in [-0.2, -0.15) is 0 Å². The number of fused-ring (bicyclic) bond motifs is 2. The Kier molecular flexibility index (Phi) is 4.50. The van der Waals surface area contributed by atoms with Crippen LogP contribution in [0, 0.1) is 11.7 Å². The largest absolute Gasteiger partial charge is 0.333 e. The number of rotatable bonds is 3. The lowest BCUT2D eigenvalue weighted by Gasteiger charge is -2.51. The van der Waals surface area contributed by atoms with Gasteiger partial charge in [0.05, 0.1) is 6.04 Å². The fourth-order valence-electron chi connectivity index (χ4n) is 5.67. The second-order valence-corrected chi connectivity index (χ2v) is 8.60. The number of amides is 1. The Labute approximate surface area is 170 Å². The van der Waals surface area contributed by atoms with E-state index in [4.69, 9.17) is 0 Å². The Hall–Kier alpha value is -2.53. The quantitative estimate of drug-likeness (QED) is 0.748. The Morgan fingerprint density at radius 1 is 0.897 bits per heavy atom. The lowest BCUT2D eigenvalue weighted by atomic mass is 9.75. The maximum Gasteiger partial charge on any atom is 0.254 e. The predicted molar refractivity (Wildman–Crippen MR) is 108 cm³/mol. The number of hydrogen-bond acceptors (Lipinski definition) is 3. The van der Waals surface area contributed by atoms with E-state index in [-0.39, 0.29) is 29.5 Å². The third-order valence-corrected chi connectivity index (χ3v) is 7.09. The van der Waals surface area contributed by atoms with Crippen LogP contribution in [0.5, 0.6) is 0 Å². The monoisotopic (exact) mass is 392 g/mol. The third-order valence-electron chi connectivity index (χ3n) is 7.09. The Bertz CT molecular complexity index is 932. The molecule has 3 atom stereocenters. The first-order valence-corrected chi connectivity index (χ1v) is 10.4. The number of piperidine rings is 3. The molecular formula is C24H25FN2O2. The highest BCUT2D eigenvalue weighted by Gasteiger charge is 2.54. The lowest BCUT2D eigenvalue weighted by Crippen LogP contribution is -2.60. The maximum atomic E-state index is 13.5. The standard InChI is InChI=1S/C24H25FN2O2/c1-15(28)16-2-4-19(5-3-16)24(29)27-14-21(17-6-8-20(25)9-7-17)23-22(27)18-10-12-26(23)13-11-18/h2-9,18,21-23H,10-14H2,1H3/t21-,22+,23+/m1/s1. The predicted octanol–water partition coefficient (Wildman–Crippen LogP) is 3.73. The first kappa shape index (κ1) is 18.5.